The van der Waals surface area contributed by atoms with Gasteiger partial charge in [0.1, 0.15) is 18.3 Å². The summed E-state index contributed by atoms with van der Waals surface area (Å²) < 4.78 is 18.8. The minimum atomic E-state index is -0.253. The molecule has 4 unspecified atom stereocenters. The van der Waals surface area contributed by atoms with Gasteiger partial charge >= 0.3 is 17.9 Å². The number of carbonyl (C=O) groups is 3. The molecule has 10 heteroatoms. The van der Waals surface area contributed by atoms with E-state index < -0.39 is 0 Å². The second-order valence-corrected chi connectivity index (χ2v) is 16.9. The first-order chi connectivity index (χ1) is 24.4. The standard InChI is InChI=1S/C41H66N4O6/c1-27(9-8-22-45(4)26-28-10-6-5-7-11-28)31-12-13-32-39-33(25-35(41(31,32)3)51-38(48)17-21-44)40(2)18-14-30(49-36(46)15-19-42)23-29(40)24-34(39)50-37(47)16-20-43/h5-7,10-11,27,29-35,39H,8-9,12-26,42-44H2,1-4H3/t27-,29?,30-,31-,32?,33+,34-,35+,39?,40+,41?/m1/s1. The Labute approximate surface area is 306 Å². The lowest BCUT2D eigenvalue weighted by Gasteiger charge is -2.64. The molecule has 286 valence electrons. The largest absolute Gasteiger partial charge is 0.462 e. The van der Waals surface area contributed by atoms with E-state index in [0.29, 0.717) is 11.8 Å². The lowest BCUT2D eigenvalue weighted by atomic mass is 9.43. The molecule has 0 radical (unpaired) electrons. The smallest absolute Gasteiger partial charge is 0.307 e. The van der Waals surface area contributed by atoms with E-state index in [4.69, 9.17) is 31.4 Å². The van der Waals surface area contributed by atoms with Crippen LogP contribution < -0.4 is 17.2 Å². The molecule has 4 fully saturated rings. The number of hydrogen-bond acceptors (Lipinski definition) is 10. The molecule has 1 aromatic rings. The molecule has 4 aliphatic rings. The van der Waals surface area contributed by atoms with Gasteiger partial charge in [-0.2, -0.15) is 0 Å². The van der Waals surface area contributed by atoms with Crippen LogP contribution in [-0.4, -0.2) is 74.3 Å². The average Bonchev–Trinajstić information content (AvgIpc) is 3.44. The van der Waals surface area contributed by atoms with Crippen molar-refractivity contribution in [3.8, 4) is 0 Å². The quantitative estimate of drug-likeness (QED) is 0.154. The highest BCUT2D eigenvalue weighted by atomic mass is 16.6. The summed E-state index contributed by atoms with van der Waals surface area (Å²) in [5.41, 5.74) is 18.3. The van der Waals surface area contributed by atoms with Gasteiger partial charge in [0, 0.05) is 37.5 Å². The fraction of sp³-hybridized carbons (Fsp3) is 0.780. The van der Waals surface area contributed by atoms with Crippen LogP contribution in [-0.2, 0) is 35.1 Å². The molecule has 6 N–H and O–H groups in total. The van der Waals surface area contributed by atoms with Crippen LogP contribution in [0.4, 0.5) is 0 Å². The normalized spacial score (nSPS) is 34.9. The zero-order valence-corrected chi connectivity index (χ0v) is 31.7. The maximum absolute atomic E-state index is 13.3. The van der Waals surface area contributed by atoms with Crippen molar-refractivity contribution in [2.75, 3.05) is 33.2 Å². The van der Waals surface area contributed by atoms with Gasteiger partial charge < -0.3 is 36.3 Å². The van der Waals surface area contributed by atoms with Crippen molar-refractivity contribution in [2.24, 2.45) is 63.5 Å². The van der Waals surface area contributed by atoms with E-state index in [0.717, 1.165) is 70.9 Å². The fourth-order valence-electron chi connectivity index (χ4n) is 11.4. The maximum Gasteiger partial charge on any atom is 0.307 e. The number of benzene rings is 1. The van der Waals surface area contributed by atoms with Crippen LogP contribution in [0.15, 0.2) is 30.3 Å². The highest BCUT2D eigenvalue weighted by Crippen LogP contribution is 2.69. The molecule has 10 nitrogen and oxygen atoms in total. The van der Waals surface area contributed by atoms with E-state index in [2.05, 4.69) is 63.1 Å². The number of nitrogens with zero attached hydrogens (tertiary/aromatic N) is 1. The van der Waals surface area contributed by atoms with Crippen molar-refractivity contribution in [1.82, 2.24) is 4.90 Å². The van der Waals surface area contributed by atoms with Gasteiger partial charge in [0.2, 0.25) is 0 Å². The van der Waals surface area contributed by atoms with E-state index in [9.17, 15) is 14.4 Å². The van der Waals surface area contributed by atoms with E-state index in [1.807, 2.05) is 0 Å². The molecule has 0 aliphatic heterocycles. The Bertz CT molecular complexity index is 1310. The summed E-state index contributed by atoms with van der Waals surface area (Å²) in [7, 11) is 2.19. The van der Waals surface area contributed by atoms with Crippen LogP contribution in [0.25, 0.3) is 0 Å². The highest BCUT2D eigenvalue weighted by molar-refractivity contribution is 5.70. The maximum atomic E-state index is 13.3. The Morgan fingerprint density at radius 1 is 0.843 bits per heavy atom. The third-order valence-corrected chi connectivity index (χ3v) is 13.8. The summed E-state index contributed by atoms with van der Waals surface area (Å²) >= 11 is 0. The molecular weight excluding hydrogens is 644 g/mol. The first-order valence-electron chi connectivity index (χ1n) is 19.9. The van der Waals surface area contributed by atoms with Gasteiger partial charge in [-0.1, -0.05) is 51.1 Å². The van der Waals surface area contributed by atoms with Gasteiger partial charge in [0.15, 0.2) is 0 Å². The van der Waals surface area contributed by atoms with E-state index in [-0.39, 0.29) is 110 Å². The van der Waals surface area contributed by atoms with Gasteiger partial charge in [-0.15, -0.1) is 0 Å². The average molecular weight is 711 g/mol. The molecule has 51 heavy (non-hydrogen) atoms. The molecule has 0 amide bonds. The van der Waals surface area contributed by atoms with Crippen molar-refractivity contribution < 1.29 is 28.6 Å². The number of carbonyl (C=O) groups excluding carboxylic acids is 3. The van der Waals surface area contributed by atoms with Crippen LogP contribution in [0, 0.1) is 46.3 Å². The summed E-state index contributed by atoms with van der Waals surface area (Å²) in [6.45, 7) is 9.90. The summed E-state index contributed by atoms with van der Waals surface area (Å²) in [5, 5.41) is 0. The van der Waals surface area contributed by atoms with E-state index in [1.54, 1.807) is 0 Å². The Morgan fingerprint density at radius 3 is 2.16 bits per heavy atom. The Kier molecular flexibility index (Phi) is 13.6. The number of fused-ring (bicyclic) bond motifs is 5. The molecule has 1 aromatic carbocycles. The van der Waals surface area contributed by atoms with E-state index >= 15 is 0 Å². The van der Waals surface area contributed by atoms with Gasteiger partial charge in [-0.05, 0) is 112 Å². The molecule has 4 saturated carbocycles. The third-order valence-electron chi connectivity index (χ3n) is 13.8. The molecule has 0 saturated heterocycles. The molecule has 11 atom stereocenters. The zero-order chi connectivity index (χ0) is 36.8. The Balaban J connectivity index is 1.39. The number of hydrogen-bond donors (Lipinski definition) is 3. The van der Waals surface area contributed by atoms with Crippen molar-refractivity contribution in [2.45, 2.75) is 123 Å². The van der Waals surface area contributed by atoms with Crippen LogP contribution in [0.3, 0.4) is 0 Å². The Morgan fingerprint density at radius 2 is 1.49 bits per heavy atom. The van der Waals surface area contributed by atoms with Crippen LogP contribution in [0.5, 0.6) is 0 Å². The molecule has 0 bridgehead atoms. The number of ether oxygens (including phenoxy) is 3. The number of rotatable bonds is 16. The molecule has 0 aromatic heterocycles. The predicted molar refractivity (Wildman–Crippen MR) is 198 cm³/mol. The van der Waals surface area contributed by atoms with Crippen molar-refractivity contribution >= 4 is 17.9 Å². The topological polar surface area (TPSA) is 160 Å². The third kappa shape index (κ3) is 8.82. The minimum absolute atomic E-state index is 0.0644. The van der Waals surface area contributed by atoms with Crippen LogP contribution >= 0.6 is 0 Å². The van der Waals surface area contributed by atoms with Gasteiger partial charge in [0.25, 0.3) is 0 Å². The molecular formula is C41H66N4O6. The first kappa shape index (κ1) is 39.7. The van der Waals surface area contributed by atoms with Gasteiger partial charge in [-0.25, -0.2) is 0 Å². The second kappa shape index (κ2) is 17.5. The lowest BCUT2D eigenvalue weighted by molar-refractivity contribution is -0.225. The molecule has 0 heterocycles. The summed E-state index contributed by atoms with van der Waals surface area (Å²) in [4.78, 5) is 41.3. The second-order valence-electron chi connectivity index (χ2n) is 16.9. The van der Waals surface area contributed by atoms with Crippen molar-refractivity contribution in [3.05, 3.63) is 35.9 Å². The van der Waals surface area contributed by atoms with Crippen LogP contribution in [0.2, 0.25) is 0 Å². The predicted octanol–water partition coefficient (Wildman–Crippen LogP) is 5.20. The number of esters is 3. The first-order valence-corrected chi connectivity index (χ1v) is 19.9. The summed E-state index contributed by atoms with van der Waals surface area (Å²) in [5.74, 6) is 0.910. The van der Waals surface area contributed by atoms with Gasteiger partial charge in [-0.3, -0.25) is 14.4 Å². The van der Waals surface area contributed by atoms with Crippen molar-refractivity contribution in [3.63, 3.8) is 0 Å². The summed E-state index contributed by atoms with van der Waals surface area (Å²) in [6, 6.07) is 10.6. The van der Waals surface area contributed by atoms with E-state index in [1.165, 1.54) is 5.56 Å². The Hall–Kier alpha value is -2.53. The van der Waals surface area contributed by atoms with Crippen LogP contribution in [0.1, 0.15) is 103 Å². The molecule has 5 rings (SSSR count). The molecule has 0 spiro atoms. The van der Waals surface area contributed by atoms with Gasteiger partial charge in [0.05, 0.1) is 19.3 Å². The number of nitrogens with two attached hydrogens (primary N) is 3. The lowest BCUT2D eigenvalue weighted by Crippen LogP contribution is -2.63. The fourth-order valence-corrected chi connectivity index (χ4v) is 11.4. The molecule has 4 aliphatic carbocycles. The summed E-state index contributed by atoms with van der Waals surface area (Å²) in [6.07, 6.45) is 8.16. The monoisotopic (exact) mass is 710 g/mol. The SMILES string of the molecule is C[C@H](CCCN(C)Cc1ccccc1)[C@H]1CCC2C3[C@H](OC(=O)CCN)CC4C[C@H](OC(=O)CCN)CC[C@]4(C)[C@H]3C[C@H](OC(=O)CCN)C21C. The van der Waals surface area contributed by atoms with Crippen molar-refractivity contribution in [1.29, 1.82) is 0 Å². The minimum Gasteiger partial charge on any atom is -0.462 e. The highest BCUT2D eigenvalue weighted by Gasteiger charge is 2.67. The zero-order valence-electron chi connectivity index (χ0n) is 31.7.